The van der Waals surface area contributed by atoms with Gasteiger partial charge < -0.3 is 10.5 Å². The number of hydrogen-bond acceptors (Lipinski definition) is 6. The van der Waals surface area contributed by atoms with Crippen LogP contribution in [0.15, 0.2) is 52.7 Å². The minimum absolute atomic E-state index is 0.198. The number of benzene rings is 2. The third-order valence-corrected chi connectivity index (χ3v) is 5.82. The molecule has 0 radical (unpaired) electrons. The molecule has 2 aromatic carbocycles. The van der Waals surface area contributed by atoms with Gasteiger partial charge in [0.25, 0.3) is 10.0 Å². The van der Waals surface area contributed by atoms with E-state index in [0.29, 0.717) is 22.3 Å². The van der Waals surface area contributed by atoms with Crippen LogP contribution in [-0.2, 0) is 10.0 Å². The van der Waals surface area contributed by atoms with E-state index in [1.807, 2.05) is 13.0 Å². The van der Waals surface area contributed by atoms with E-state index in [9.17, 15) is 8.42 Å². The highest BCUT2D eigenvalue weighted by Crippen LogP contribution is 2.31. The Labute approximate surface area is 150 Å². The minimum Gasteiger partial charge on any atom is -0.495 e. The molecule has 8 heteroatoms. The standard InChI is InChI=1S/C17H17N3O3S2/c1-11-3-6-13(7-4-11)25(21,22)20-17-19-15(10-24-17)12-5-8-16(23-2)14(18)9-12/h3-10H,18H2,1-2H3,(H,19,20). The van der Waals surface area contributed by atoms with Crippen LogP contribution in [0.3, 0.4) is 0 Å². The van der Waals surface area contributed by atoms with Crippen molar-refractivity contribution >= 4 is 32.2 Å². The zero-order chi connectivity index (χ0) is 18.0. The van der Waals surface area contributed by atoms with Crippen LogP contribution in [0.2, 0.25) is 0 Å². The van der Waals surface area contributed by atoms with Crippen LogP contribution < -0.4 is 15.2 Å². The Balaban J connectivity index is 1.84. The summed E-state index contributed by atoms with van der Waals surface area (Å²) >= 11 is 1.21. The molecule has 3 aromatic rings. The van der Waals surface area contributed by atoms with Crippen molar-refractivity contribution in [2.45, 2.75) is 11.8 Å². The lowest BCUT2D eigenvalue weighted by molar-refractivity contribution is 0.417. The molecule has 3 rings (SSSR count). The van der Waals surface area contributed by atoms with E-state index in [-0.39, 0.29) is 4.90 Å². The predicted octanol–water partition coefficient (Wildman–Crippen LogP) is 3.51. The summed E-state index contributed by atoms with van der Waals surface area (Å²) in [4.78, 5) is 4.53. The number of nitrogen functional groups attached to an aromatic ring is 1. The van der Waals surface area contributed by atoms with E-state index >= 15 is 0 Å². The number of thiazole rings is 1. The molecule has 6 nitrogen and oxygen atoms in total. The van der Waals surface area contributed by atoms with Gasteiger partial charge >= 0.3 is 0 Å². The molecule has 0 unspecified atom stereocenters. The number of hydrogen-bond donors (Lipinski definition) is 2. The fraction of sp³-hybridized carbons (Fsp3) is 0.118. The number of nitrogens with two attached hydrogens (primary N) is 1. The second kappa shape index (κ2) is 6.73. The second-order valence-electron chi connectivity index (χ2n) is 5.41. The zero-order valence-corrected chi connectivity index (χ0v) is 15.3. The van der Waals surface area contributed by atoms with Gasteiger partial charge in [0.1, 0.15) is 5.75 Å². The Hall–Kier alpha value is -2.58. The molecule has 1 heterocycles. The molecule has 0 aliphatic heterocycles. The van der Waals surface area contributed by atoms with E-state index in [2.05, 4.69) is 9.71 Å². The summed E-state index contributed by atoms with van der Waals surface area (Å²) in [5.41, 5.74) is 8.82. The van der Waals surface area contributed by atoms with Gasteiger partial charge in [0.2, 0.25) is 0 Å². The van der Waals surface area contributed by atoms with Crippen LogP contribution in [0.25, 0.3) is 11.3 Å². The topological polar surface area (TPSA) is 94.3 Å². The van der Waals surface area contributed by atoms with Crippen molar-refractivity contribution in [3.8, 4) is 17.0 Å². The highest BCUT2D eigenvalue weighted by Gasteiger charge is 2.16. The van der Waals surface area contributed by atoms with E-state index < -0.39 is 10.0 Å². The van der Waals surface area contributed by atoms with Crippen molar-refractivity contribution in [2.75, 3.05) is 17.6 Å². The first-order valence-corrected chi connectivity index (χ1v) is 9.74. The monoisotopic (exact) mass is 375 g/mol. The third kappa shape index (κ3) is 3.75. The van der Waals surface area contributed by atoms with Gasteiger partial charge in [-0.05, 0) is 37.3 Å². The summed E-state index contributed by atoms with van der Waals surface area (Å²) in [6, 6.07) is 11.9. The number of nitrogens with zero attached hydrogens (tertiary/aromatic N) is 1. The first-order valence-electron chi connectivity index (χ1n) is 7.38. The van der Waals surface area contributed by atoms with Crippen molar-refractivity contribution in [2.24, 2.45) is 0 Å². The van der Waals surface area contributed by atoms with Gasteiger partial charge in [-0.2, -0.15) is 0 Å². The summed E-state index contributed by atoms with van der Waals surface area (Å²) < 4.78 is 32.5. The molecule has 0 saturated heterocycles. The fourth-order valence-corrected chi connectivity index (χ4v) is 4.21. The molecule has 0 amide bonds. The zero-order valence-electron chi connectivity index (χ0n) is 13.7. The number of methoxy groups -OCH3 is 1. The molecule has 0 aliphatic carbocycles. The minimum atomic E-state index is -3.66. The van der Waals surface area contributed by atoms with E-state index in [1.165, 1.54) is 11.3 Å². The number of aromatic nitrogens is 1. The van der Waals surface area contributed by atoms with E-state index in [0.717, 1.165) is 11.1 Å². The molecule has 0 atom stereocenters. The summed E-state index contributed by atoms with van der Waals surface area (Å²) in [6.07, 6.45) is 0. The quantitative estimate of drug-likeness (QED) is 0.666. The largest absolute Gasteiger partial charge is 0.495 e. The Morgan fingerprint density at radius 2 is 1.88 bits per heavy atom. The molecule has 130 valence electrons. The van der Waals surface area contributed by atoms with Gasteiger partial charge in [0, 0.05) is 10.9 Å². The predicted molar refractivity (Wildman–Crippen MR) is 101 cm³/mol. The van der Waals surface area contributed by atoms with E-state index in [1.54, 1.807) is 48.9 Å². The van der Waals surface area contributed by atoms with Crippen molar-refractivity contribution < 1.29 is 13.2 Å². The third-order valence-electron chi connectivity index (χ3n) is 3.58. The summed E-state index contributed by atoms with van der Waals surface area (Å²) in [7, 11) is -2.12. The van der Waals surface area contributed by atoms with Crippen LogP contribution in [0.5, 0.6) is 5.75 Å². The van der Waals surface area contributed by atoms with Crippen molar-refractivity contribution in [3.05, 3.63) is 53.4 Å². The normalized spacial score (nSPS) is 11.3. The molecule has 1 aromatic heterocycles. The molecule has 3 N–H and O–H groups in total. The Morgan fingerprint density at radius 1 is 1.16 bits per heavy atom. The number of anilines is 2. The van der Waals surface area contributed by atoms with Crippen LogP contribution >= 0.6 is 11.3 Å². The summed E-state index contributed by atoms with van der Waals surface area (Å²) in [5, 5.41) is 2.07. The van der Waals surface area contributed by atoms with Gasteiger partial charge in [0.05, 0.1) is 23.4 Å². The number of sulfonamides is 1. The second-order valence-corrected chi connectivity index (χ2v) is 7.95. The first-order chi connectivity index (χ1) is 11.9. The average Bonchev–Trinajstić information content (AvgIpc) is 3.03. The van der Waals surface area contributed by atoms with Crippen LogP contribution in [-0.4, -0.2) is 20.5 Å². The lowest BCUT2D eigenvalue weighted by Crippen LogP contribution is -2.12. The number of rotatable bonds is 5. The Bertz CT molecular complexity index is 996. The highest BCUT2D eigenvalue weighted by molar-refractivity contribution is 7.93. The summed E-state index contributed by atoms with van der Waals surface area (Å²) in [5.74, 6) is 0.583. The molecule has 0 fully saturated rings. The molecule has 0 aliphatic rings. The smallest absolute Gasteiger partial charge is 0.263 e. The maximum absolute atomic E-state index is 12.4. The van der Waals surface area contributed by atoms with Crippen LogP contribution in [0.4, 0.5) is 10.8 Å². The van der Waals surface area contributed by atoms with Gasteiger partial charge in [-0.15, -0.1) is 11.3 Å². The maximum Gasteiger partial charge on any atom is 0.263 e. The molecule has 25 heavy (non-hydrogen) atoms. The molecule has 0 bridgehead atoms. The first kappa shape index (κ1) is 17.2. The van der Waals surface area contributed by atoms with Crippen molar-refractivity contribution in [1.29, 1.82) is 0 Å². The Kier molecular flexibility index (Phi) is 4.65. The SMILES string of the molecule is COc1ccc(-c2csc(NS(=O)(=O)c3ccc(C)cc3)n2)cc1N. The highest BCUT2D eigenvalue weighted by atomic mass is 32.2. The van der Waals surface area contributed by atoms with Gasteiger partial charge in [-0.25, -0.2) is 13.4 Å². The molecular weight excluding hydrogens is 358 g/mol. The van der Waals surface area contributed by atoms with Crippen molar-refractivity contribution in [3.63, 3.8) is 0 Å². The number of aryl methyl sites for hydroxylation is 1. The Morgan fingerprint density at radius 3 is 2.52 bits per heavy atom. The lowest BCUT2D eigenvalue weighted by Gasteiger charge is -2.06. The van der Waals surface area contributed by atoms with Gasteiger partial charge in [-0.3, -0.25) is 4.72 Å². The number of ether oxygens (including phenoxy) is 1. The maximum atomic E-state index is 12.4. The molecular formula is C17H17N3O3S2. The van der Waals surface area contributed by atoms with Crippen LogP contribution in [0, 0.1) is 6.92 Å². The lowest BCUT2D eigenvalue weighted by atomic mass is 10.1. The number of nitrogens with one attached hydrogen (secondary N) is 1. The fourth-order valence-electron chi connectivity index (χ4n) is 2.24. The van der Waals surface area contributed by atoms with Gasteiger partial charge in [0.15, 0.2) is 5.13 Å². The molecule has 0 spiro atoms. The van der Waals surface area contributed by atoms with Gasteiger partial charge in [-0.1, -0.05) is 17.7 Å². The average molecular weight is 375 g/mol. The molecule has 0 saturated carbocycles. The van der Waals surface area contributed by atoms with E-state index in [4.69, 9.17) is 10.5 Å². The summed E-state index contributed by atoms with van der Waals surface area (Å²) in [6.45, 7) is 1.90. The van der Waals surface area contributed by atoms with Crippen LogP contribution in [0.1, 0.15) is 5.56 Å². The van der Waals surface area contributed by atoms with Crippen molar-refractivity contribution in [1.82, 2.24) is 4.98 Å².